The summed E-state index contributed by atoms with van der Waals surface area (Å²) in [4.78, 5) is 0. The summed E-state index contributed by atoms with van der Waals surface area (Å²) in [5.74, 6) is 0. The van der Waals surface area contributed by atoms with Gasteiger partial charge in [-0.25, -0.2) is 0 Å². The van der Waals surface area contributed by atoms with Gasteiger partial charge in [0.15, 0.2) is 0 Å². The third kappa shape index (κ3) is 15.7. The average Bonchev–Trinajstić information content (AvgIpc) is 0. The van der Waals surface area contributed by atoms with E-state index in [0.29, 0.717) is 0 Å². The summed E-state index contributed by atoms with van der Waals surface area (Å²) in [6.07, 6.45) is 0. The molecule has 1 nitrogen and oxygen atoms in total. The highest BCUT2D eigenvalue weighted by molar-refractivity contribution is 5.76. The topological polar surface area (TPSA) is 30.5 Å². The van der Waals surface area contributed by atoms with Gasteiger partial charge in [-0.05, 0) is 0 Å². The van der Waals surface area contributed by atoms with E-state index < -0.39 is 0 Å². The lowest BCUT2D eigenvalue weighted by atomic mass is 12.0. The first-order valence-corrected chi connectivity index (χ1v) is 0. The molecular weight excluding hydrogens is 81.1 g/mol. The van der Waals surface area contributed by atoms with Crippen LogP contribution in [0.4, 0.5) is 0 Å². The van der Waals surface area contributed by atoms with Crippen LogP contribution in [0.2, 0.25) is 0 Å². The lowest BCUT2D eigenvalue weighted by Crippen LogP contribution is -0.481. The normalized spacial score (nSPS) is 0. The first-order valence-electron chi connectivity index (χ1n) is 0. The fourth-order valence-electron chi connectivity index (χ4n) is 0. The first kappa shape index (κ1) is 129. The minimum absolute atomic E-state index is 0. The van der Waals surface area contributed by atoms with Crippen molar-refractivity contribution < 1.29 is 0 Å². The highest BCUT2D eigenvalue weighted by atomic mass is 28.1. The number of nitrogens with zero attached hydrogens (tertiary/aromatic N) is 1. The molecule has 0 atom stereocenters. The molecule has 0 saturated carbocycles. The van der Waals surface area contributed by atoms with Crippen molar-refractivity contribution in [1.82, 2.24) is 6.15 Å². The van der Waals surface area contributed by atoms with Gasteiger partial charge < -0.3 is 0 Å². The predicted molar refractivity (Wildman–Crippen MR) is 16.9 cm³/mol. The molecule has 4 heavy (non-hydrogen) atoms. The summed E-state index contributed by atoms with van der Waals surface area (Å²) >= 11 is 0. The van der Waals surface area contributed by atoms with Crippen LogP contribution in [-0.4, -0.2) is 28.3 Å². The average molecular weight is 81.1 g/mol. The third-order valence-corrected chi connectivity index (χ3v) is 0. The Labute approximate surface area is 42.5 Å². The van der Waals surface area contributed by atoms with Gasteiger partial charge in [-0.1, -0.05) is 0 Å². The van der Waals surface area contributed by atoms with Gasteiger partial charge in [-0.3, -0.25) is 0 Å². The molecule has 0 aliphatic carbocycles. The SMILES string of the molecule is [Al].[C].[N].[Si]. The van der Waals surface area contributed by atoms with Crippen LogP contribution < -0.4 is 6.15 Å². The van der Waals surface area contributed by atoms with Crippen LogP contribution in [0.5, 0.6) is 0 Å². The molecule has 3 heteroatoms. The summed E-state index contributed by atoms with van der Waals surface area (Å²) in [5, 5.41) is 0. The Balaban J connectivity index is 0. The molecule has 16 valence electrons. The van der Waals surface area contributed by atoms with E-state index in [4.69, 9.17) is 0 Å². The van der Waals surface area contributed by atoms with E-state index in [0.717, 1.165) is 0 Å². The minimum Gasteiger partial charge on any atom is 0 e. The lowest BCUT2D eigenvalue weighted by Gasteiger charge is -0.00100. The maximum absolute atomic E-state index is 0. The molecule has 0 aromatic rings. The lowest BCUT2D eigenvalue weighted by molar-refractivity contribution is 2.13. The zero-order chi connectivity index (χ0) is 0. The van der Waals surface area contributed by atoms with Gasteiger partial charge in [-0.15, -0.1) is 0 Å². The molecule has 0 aliphatic rings. The Morgan fingerprint density at radius 2 is 1.00 bits per heavy atom. The summed E-state index contributed by atoms with van der Waals surface area (Å²) in [7, 11) is 0. The van der Waals surface area contributed by atoms with Crippen molar-refractivity contribution >= 4 is 28.3 Å². The van der Waals surface area contributed by atoms with E-state index >= 15 is 0 Å². The minimum atomic E-state index is 0. The third-order valence-electron chi connectivity index (χ3n) is 0. The van der Waals surface area contributed by atoms with Crippen molar-refractivity contribution in [1.29, 1.82) is 0 Å². The quantitative estimate of drug-likeness (QED) is 0.329. The summed E-state index contributed by atoms with van der Waals surface area (Å²) in [6, 6.07) is 0. The second-order valence-electron chi connectivity index (χ2n) is 0. The van der Waals surface area contributed by atoms with Crippen LogP contribution >= 0.6 is 0 Å². The molecule has 0 aliphatic heterocycles. The van der Waals surface area contributed by atoms with E-state index in [-0.39, 0.29) is 41.9 Å². The zero-order valence-corrected chi connectivity index (χ0v) is 4.18. The molecule has 0 aromatic heterocycles. The number of hydrogen-bond acceptors (Lipinski definition) is 0. The van der Waals surface area contributed by atoms with Crippen LogP contribution in [0.25, 0.3) is 0 Å². The van der Waals surface area contributed by atoms with Crippen LogP contribution in [0, 0.1) is 7.43 Å². The van der Waals surface area contributed by atoms with Crippen molar-refractivity contribution in [3.63, 3.8) is 0 Å². The monoisotopic (exact) mass is 81.0 g/mol. The van der Waals surface area contributed by atoms with Crippen molar-refractivity contribution in [2.75, 3.05) is 0 Å². The van der Waals surface area contributed by atoms with Gasteiger partial charge in [0.1, 0.15) is 0 Å². The molecule has 0 saturated heterocycles. The zero-order valence-electron chi connectivity index (χ0n) is 2.02. The second kappa shape index (κ2) is 54.1. The number of rotatable bonds is 0. The van der Waals surface area contributed by atoms with E-state index in [2.05, 4.69) is 0 Å². The summed E-state index contributed by atoms with van der Waals surface area (Å²) in [5.41, 5.74) is 0. The van der Waals surface area contributed by atoms with Crippen LogP contribution in [0.3, 0.4) is 0 Å². The van der Waals surface area contributed by atoms with Gasteiger partial charge >= 0.3 is 0 Å². The molecule has 0 unspecified atom stereocenters. The van der Waals surface area contributed by atoms with Crippen molar-refractivity contribution in [3.05, 3.63) is 7.43 Å². The van der Waals surface area contributed by atoms with E-state index in [1.807, 2.05) is 0 Å². The molecule has 0 spiro atoms. The first-order chi connectivity index (χ1) is 0. The Morgan fingerprint density at radius 3 is 1.00 bits per heavy atom. The van der Waals surface area contributed by atoms with Gasteiger partial charge in [0.25, 0.3) is 0 Å². The van der Waals surface area contributed by atoms with Crippen LogP contribution in [-0.2, 0) is 0 Å². The fourth-order valence-corrected chi connectivity index (χ4v) is 0. The van der Waals surface area contributed by atoms with E-state index in [1.165, 1.54) is 0 Å². The standard InChI is InChI=1S/C.Al.N.Si. The van der Waals surface area contributed by atoms with Gasteiger partial charge in [0, 0.05) is 41.9 Å². The highest BCUT2D eigenvalue weighted by Gasteiger charge is 0.00300. The second-order valence-corrected chi connectivity index (χ2v) is 0. The van der Waals surface area contributed by atoms with Crippen LogP contribution in [0.15, 0.2) is 0 Å². The van der Waals surface area contributed by atoms with Gasteiger partial charge in [-0.2, -0.15) is 0 Å². The highest BCUT2D eigenvalue weighted by Crippen LogP contribution is 0.0813. The predicted octanol–water partition coefficient (Wildman–Crippen LogP) is -1.16. The largest absolute Gasteiger partial charge is 0 e. The fraction of sp³-hybridized carbons (Fsp3) is 0. The Morgan fingerprint density at radius 1 is 1.00 bits per heavy atom. The maximum atomic E-state index is 0. The van der Waals surface area contributed by atoms with E-state index in [1.54, 1.807) is 0 Å². The van der Waals surface area contributed by atoms with Gasteiger partial charge in [0.2, 0.25) is 0 Å². The molecule has 0 amide bonds. The molecule has 0 heterocycles. The molecule has 0 N–H and O–H groups in total. The maximum Gasteiger partial charge on any atom is 0 e. The van der Waals surface area contributed by atoms with Crippen molar-refractivity contribution in [3.8, 4) is 0 Å². The van der Waals surface area contributed by atoms with Gasteiger partial charge in [0.05, 0.1) is 0 Å². The summed E-state index contributed by atoms with van der Waals surface area (Å²) < 4.78 is 0. The smallest absolute Gasteiger partial charge is 0 e. The van der Waals surface area contributed by atoms with Crippen molar-refractivity contribution in [2.45, 2.75) is 0 Å². The summed E-state index contributed by atoms with van der Waals surface area (Å²) in [6.45, 7) is 0. The molecule has 14 radical (unpaired) electrons. The van der Waals surface area contributed by atoms with E-state index in [9.17, 15) is 0 Å². The Hall–Kier alpha value is 0.709. The molecule has 0 rings (SSSR count). The van der Waals surface area contributed by atoms with Crippen molar-refractivity contribution in [2.24, 2.45) is 0 Å². The Bertz CT molecular complexity index is 8.00. The Kier molecular flexibility index (Phi) is 1740. The molecule has 0 bridgehead atoms. The number of hydrogen-bond donors (Lipinski definition) is 0. The van der Waals surface area contributed by atoms with Crippen LogP contribution in [0.1, 0.15) is 0 Å². The molecular formula is CAlNSi. The molecule has 0 aromatic carbocycles. The molecule has 0 fully saturated rings.